The number of fused-ring (bicyclic) bond motifs is 2. The molecule has 6 nitrogen and oxygen atoms in total. The Kier molecular flexibility index (Phi) is 4.89. The predicted octanol–water partition coefficient (Wildman–Crippen LogP) is 5.14. The van der Waals surface area contributed by atoms with Crippen LogP contribution in [0.15, 0.2) is 42.5 Å². The Labute approximate surface area is 185 Å². The topological polar surface area (TPSA) is 80.7 Å². The zero-order valence-corrected chi connectivity index (χ0v) is 18.1. The number of anilines is 2. The van der Waals surface area contributed by atoms with Crippen molar-refractivity contribution in [1.82, 2.24) is 19.9 Å². The van der Waals surface area contributed by atoms with Crippen LogP contribution in [0, 0.1) is 26.6 Å². The molecule has 0 amide bonds. The molecule has 0 fully saturated rings. The molecule has 4 aromatic rings. The highest BCUT2D eigenvalue weighted by Crippen LogP contribution is 2.33. The van der Waals surface area contributed by atoms with Crippen LogP contribution in [-0.2, 0) is 6.42 Å². The number of nitrogens with one attached hydrogen (secondary N) is 1. The van der Waals surface area contributed by atoms with Gasteiger partial charge in [-0.1, -0.05) is 23.8 Å². The zero-order valence-electron chi connectivity index (χ0n) is 18.1. The number of hydrogen-bond acceptors (Lipinski definition) is 6. The monoisotopic (exact) mass is 427 g/mol. The summed E-state index contributed by atoms with van der Waals surface area (Å²) >= 11 is 0. The Bertz CT molecular complexity index is 1370. The standard InChI is InChI=1S/C25H22FN5O/c1-13-4-9-20-19(10-13)14(2)27-24(29-20)31-25-28-15(3)23-21(30-25)11-17(12-22(23)32)16-5-7-18(26)8-6-16/h4-10,17H,11-12H2,1-3H3,(H,27,28,29,30,31). The summed E-state index contributed by atoms with van der Waals surface area (Å²) in [6.45, 7) is 5.80. The lowest BCUT2D eigenvalue weighted by atomic mass is 9.81. The van der Waals surface area contributed by atoms with Crippen molar-refractivity contribution in [3.8, 4) is 0 Å². The zero-order chi connectivity index (χ0) is 22.4. The van der Waals surface area contributed by atoms with Gasteiger partial charge in [0, 0.05) is 11.8 Å². The van der Waals surface area contributed by atoms with Crippen molar-refractivity contribution in [2.45, 2.75) is 39.5 Å². The maximum Gasteiger partial charge on any atom is 0.230 e. The highest BCUT2D eigenvalue weighted by Gasteiger charge is 2.30. The molecular formula is C25H22FN5O. The average molecular weight is 427 g/mol. The molecule has 160 valence electrons. The van der Waals surface area contributed by atoms with Gasteiger partial charge < -0.3 is 0 Å². The van der Waals surface area contributed by atoms with Crippen LogP contribution in [0.1, 0.15) is 50.9 Å². The summed E-state index contributed by atoms with van der Waals surface area (Å²) < 4.78 is 13.3. The van der Waals surface area contributed by atoms with Crippen molar-refractivity contribution >= 4 is 28.6 Å². The van der Waals surface area contributed by atoms with Crippen molar-refractivity contribution in [2.75, 3.05) is 5.32 Å². The van der Waals surface area contributed by atoms with Gasteiger partial charge in [0.2, 0.25) is 11.9 Å². The van der Waals surface area contributed by atoms with Crippen LogP contribution in [0.25, 0.3) is 10.9 Å². The van der Waals surface area contributed by atoms with Crippen molar-refractivity contribution in [3.05, 3.63) is 82.1 Å². The van der Waals surface area contributed by atoms with Gasteiger partial charge in [-0.15, -0.1) is 0 Å². The van der Waals surface area contributed by atoms with E-state index >= 15 is 0 Å². The molecule has 0 radical (unpaired) electrons. The first-order valence-electron chi connectivity index (χ1n) is 10.6. The maximum atomic E-state index is 13.3. The van der Waals surface area contributed by atoms with Gasteiger partial charge in [-0.25, -0.2) is 24.3 Å². The van der Waals surface area contributed by atoms with E-state index in [0.717, 1.165) is 27.7 Å². The number of ketones is 1. The third-order valence-electron chi connectivity index (χ3n) is 5.92. The van der Waals surface area contributed by atoms with E-state index in [0.29, 0.717) is 41.7 Å². The fourth-order valence-corrected chi connectivity index (χ4v) is 4.35. The first-order valence-corrected chi connectivity index (χ1v) is 10.6. The van der Waals surface area contributed by atoms with Gasteiger partial charge in [0.05, 0.1) is 28.2 Å². The van der Waals surface area contributed by atoms with E-state index in [1.807, 2.05) is 32.9 Å². The Hall–Kier alpha value is -3.74. The molecule has 32 heavy (non-hydrogen) atoms. The number of carbonyl (C=O) groups is 1. The number of Topliss-reactive ketones (excluding diaryl/α,β-unsaturated/α-hetero) is 1. The minimum atomic E-state index is -0.290. The number of aromatic nitrogens is 4. The third kappa shape index (κ3) is 3.70. The van der Waals surface area contributed by atoms with Crippen molar-refractivity contribution in [2.24, 2.45) is 0 Å². The van der Waals surface area contributed by atoms with Gasteiger partial charge >= 0.3 is 0 Å². The molecule has 1 aliphatic rings. The molecule has 0 saturated heterocycles. The molecule has 1 unspecified atom stereocenters. The van der Waals surface area contributed by atoms with Crippen molar-refractivity contribution in [1.29, 1.82) is 0 Å². The average Bonchev–Trinajstić information content (AvgIpc) is 2.74. The summed E-state index contributed by atoms with van der Waals surface area (Å²) in [4.78, 5) is 31.1. The summed E-state index contributed by atoms with van der Waals surface area (Å²) in [6, 6.07) is 12.4. The van der Waals surface area contributed by atoms with E-state index in [1.165, 1.54) is 12.1 Å². The molecule has 1 atom stereocenters. The SMILES string of the molecule is Cc1ccc2nc(Nc3nc(C)c4c(n3)CC(c3ccc(F)cc3)CC4=O)nc(C)c2c1. The molecule has 1 N–H and O–H groups in total. The van der Waals surface area contributed by atoms with Gasteiger partial charge in [0.1, 0.15) is 5.82 Å². The van der Waals surface area contributed by atoms with Crippen molar-refractivity contribution < 1.29 is 9.18 Å². The van der Waals surface area contributed by atoms with Gasteiger partial charge in [0.15, 0.2) is 5.78 Å². The van der Waals surface area contributed by atoms with Crippen LogP contribution in [0.4, 0.5) is 16.3 Å². The molecule has 7 heteroatoms. The summed E-state index contributed by atoms with van der Waals surface area (Å²) in [6.07, 6.45) is 0.948. The summed E-state index contributed by atoms with van der Waals surface area (Å²) in [5.41, 5.74) is 5.69. The normalized spacial score (nSPS) is 15.6. The summed E-state index contributed by atoms with van der Waals surface area (Å²) in [7, 11) is 0. The van der Waals surface area contributed by atoms with E-state index in [2.05, 4.69) is 31.3 Å². The van der Waals surface area contributed by atoms with Crippen LogP contribution >= 0.6 is 0 Å². The highest BCUT2D eigenvalue weighted by molar-refractivity contribution is 5.99. The second-order valence-corrected chi connectivity index (χ2v) is 8.31. The Morgan fingerprint density at radius 3 is 2.38 bits per heavy atom. The summed E-state index contributed by atoms with van der Waals surface area (Å²) in [5, 5.41) is 4.12. The molecule has 0 saturated carbocycles. The maximum absolute atomic E-state index is 13.3. The number of nitrogens with zero attached hydrogens (tertiary/aromatic N) is 4. The van der Waals surface area contributed by atoms with Gasteiger partial charge in [-0.2, -0.15) is 0 Å². The molecule has 5 rings (SSSR count). The largest absolute Gasteiger partial charge is 0.294 e. The number of halogens is 1. The fourth-order valence-electron chi connectivity index (χ4n) is 4.35. The molecule has 2 aromatic carbocycles. The van der Waals surface area contributed by atoms with Gasteiger partial charge in [0.25, 0.3) is 0 Å². The molecule has 0 spiro atoms. The van der Waals surface area contributed by atoms with Crippen molar-refractivity contribution in [3.63, 3.8) is 0 Å². The first kappa shape index (κ1) is 20.2. The van der Waals surface area contributed by atoms with Crippen LogP contribution in [-0.4, -0.2) is 25.7 Å². The molecule has 1 aliphatic carbocycles. The van der Waals surface area contributed by atoms with E-state index in [9.17, 15) is 9.18 Å². The predicted molar refractivity (Wildman–Crippen MR) is 121 cm³/mol. The second kappa shape index (κ2) is 7.75. The lowest BCUT2D eigenvalue weighted by Crippen LogP contribution is -2.23. The van der Waals surface area contributed by atoms with Crippen LogP contribution in [0.3, 0.4) is 0 Å². The van der Waals surface area contributed by atoms with Crippen LogP contribution < -0.4 is 5.32 Å². The lowest BCUT2D eigenvalue weighted by Gasteiger charge is -2.24. The minimum Gasteiger partial charge on any atom is -0.294 e. The quantitative estimate of drug-likeness (QED) is 0.488. The highest BCUT2D eigenvalue weighted by atomic mass is 19.1. The van der Waals surface area contributed by atoms with E-state index < -0.39 is 0 Å². The van der Waals surface area contributed by atoms with Crippen LogP contribution in [0.2, 0.25) is 0 Å². The van der Waals surface area contributed by atoms with E-state index in [-0.39, 0.29) is 17.5 Å². The molecule has 0 aliphatic heterocycles. The second-order valence-electron chi connectivity index (χ2n) is 8.31. The Morgan fingerprint density at radius 2 is 1.59 bits per heavy atom. The minimum absolute atomic E-state index is 0.0118. The number of rotatable bonds is 3. The fraction of sp³-hybridized carbons (Fsp3) is 0.240. The van der Waals surface area contributed by atoms with E-state index in [4.69, 9.17) is 0 Å². The van der Waals surface area contributed by atoms with E-state index in [1.54, 1.807) is 12.1 Å². The van der Waals surface area contributed by atoms with Gasteiger partial charge in [-0.05, 0) is 62.9 Å². The van der Waals surface area contributed by atoms with Gasteiger partial charge in [-0.3, -0.25) is 10.1 Å². The smallest absolute Gasteiger partial charge is 0.230 e. The number of hydrogen-bond donors (Lipinski definition) is 1. The number of carbonyl (C=O) groups excluding carboxylic acids is 1. The molecule has 2 aromatic heterocycles. The molecule has 0 bridgehead atoms. The number of benzene rings is 2. The lowest BCUT2D eigenvalue weighted by molar-refractivity contribution is 0.0962. The summed E-state index contributed by atoms with van der Waals surface area (Å²) in [5.74, 6) is 0.454. The first-order chi connectivity index (χ1) is 15.4. The van der Waals surface area contributed by atoms with Crippen LogP contribution in [0.5, 0.6) is 0 Å². The third-order valence-corrected chi connectivity index (χ3v) is 5.92. The molecule has 2 heterocycles. The Balaban J connectivity index is 1.48. The Morgan fingerprint density at radius 1 is 0.875 bits per heavy atom. The number of aryl methyl sites for hydroxylation is 3. The molecular weight excluding hydrogens is 405 g/mol.